The van der Waals surface area contributed by atoms with Crippen LogP contribution in [-0.2, 0) is 11.2 Å². The molecule has 3 aromatic rings. The molecule has 0 aliphatic rings. The molecule has 1 unspecified atom stereocenters. The number of carboxylic acid groups (broad SMARTS) is 1. The first-order chi connectivity index (χ1) is 18.1. The van der Waals surface area contributed by atoms with Crippen LogP contribution < -0.4 is 14.2 Å². The molecule has 0 amide bonds. The molecule has 0 aliphatic carbocycles. The largest absolute Gasteiger partial charge is 0.493 e. The quantitative estimate of drug-likeness (QED) is 0.253. The maximum atomic E-state index is 13.2. The average Bonchev–Trinajstić information content (AvgIpc) is 2.91. The number of carbonyl (C=O) groups excluding carboxylic acids is 1. The van der Waals surface area contributed by atoms with E-state index in [1.54, 1.807) is 12.1 Å². The van der Waals surface area contributed by atoms with E-state index in [0.717, 1.165) is 17.5 Å². The molecule has 0 heterocycles. The molecule has 0 aromatic heterocycles. The Morgan fingerprint density at radius 1 is 0.947 bits per heavy atom. The first-order valence-corrected chi connectivity index (χ1v) is 13.2. The van der Waals surface area contributed by atoms with E-state index in [9.17, 15) is 14.7 Å². The molecule has 0 saturated heterocycles. The van der Waals surface area contributed by atoms with E-state index in [-0.39, 0.29) is 11.9 Å². The topological polar surface area (TPSA) is 82.1 Å². The third-order valence-electron chi connectivity index (χ3n) is 5.88. The number of benzene rings is 3. The highest BCUT2D eigenvalue weighted by atomic mass is 16.5. The lowest BCUT2D eigenvalue weighted by molar-refractivity contribution is -0.152. The molecule has 3 aromatic carbocycles. The summed E-state index contributed by atoms with van der Waals surface area (Å²) in [6.07, 6.45) is 1.26. The van der Waals surface area contributed by atoms with Gasteiger partial charge in [-0.2, -0.15) is 0 Å². The lowest BCUT2D eigenvalue weighted by Gasteiger charge is -2.23. The van der Waals surface area contributed by atoms with Crippen molar-refractivity contribution in [1.29, 1.82) is 0 Å². The van der Waals surface area contributed by atoms with Gasteiger partial charge in [0.25, 0.3) is 0 Å². The molecule has 38 heavy (non-hydrogen) atoms. The van der Waals surface area contributed by atoms with Crippen LogP contribution in [0.1, 0.15) is 75.0 Å². The van der Waals surface area contributed by atoms with Crippen LogP contribution in [0.4, 0.5) is 0 Å². The summed E-state index contributed by atoms with van der Waals surface area (Å²) in [6.45, 7) is 13.3. The number of aliphatic carboxylic acids is 1. The third kappa shape index (κ3) is 8.37. The highest BCUT2D eigenvalue weighted by Crippen LogP contribution is 2.28. The smallest absolute Gasteiger partial charge is 0.347 e. The van der Waals surface area contributed by atoms with Gasteiger partial charge in [0, 0.05) is 12.0 Å². The number of hydrogen-bond acceptors (Lipinski definition) is 5. The zero-order chi connectivity index (χ0) is 28.3. The highest BCUT2D eigenvalue weighted by Gasteiger charge is 2.30. The Kier molecular flexibility index (Phi) is 11.4. The minimum atomic E-state index is -1.32. The molecule has 204 valence electrons. The van der Waals surface area contributed by atoms with Gasteiger partial charge in [0.1, 0.15) is 17.2 Å². The predicted molar refractivity (Wildman–Crippen MR) is 151 cm³/mol. The van der Waals surface area contributed by atoms with Crippen molar-refractivity contribution >= 4 is 11.8 Å². The fraction of sp³-hybridized carbons (Fsp3) is 0.375. The second-order valence-electron chi connectivity index (χ2n) is 9.29. The molecule has 1 atom stereocenters. The van der Waals surface area contributed by atoms with E-state index in [1.165, 1.54) is 13.8 Å². The maximum Gasteiger partial charge on any atom is 0.347 e. The fourth-order valence-electron chi connectivity index (χ4n) is 3.59. The molecule has 3 rings (SSSR count). The van der Waals surface area contributed by atoms with Crippen LogP contribution in [0.5, 0.6) is 17.2 Å². The van der Waals surface area contributed by atoms with Gasteiger partial charge in [-0.3, -0.25) is 4.79 Å². The van der Waals surface area contributed by atoms with Gasteiger partial charge in [0.05, 0.1) is 18.3 Å². The van der Waals surface area contributed by atoms with Crippen molar-refractivity contribution in [3.63, 3.8) is 0 Å². The molecule has 6 heteroatoms. The fourth-order valence-corrected chi connectivity index (χ4v) is 3.59. The van der Waals surface area contributed by atoms with Gasteiger partial charge >= 0.3 is 5.97 Å². The number of ether oxygens (including phenoxy) is 3. The lowest BCUT2D eigenvalue weighted by Crippen LogP contribution is -2.38. The standard InChI is InChI=1S/C30H34O6.C2H6/c1-6-22-12-14-27(25(19-22)28(31)23-10-8-7-9-11-23)35-21(3)16-17-34-24-13-15-26(20(2)18-24)36-30(4,5)29(32)33;1-2/h7-15,18-19,21H,6,16-17H2,1-5H3,(H,32,33);1-2H3. The molecule has 1 N–H and O–H groups in total. The van der Waals surface area contributed by atoms with Gasteiger partial charge in [-0.05, 0) is 75.6 Å². The second-order valence-corrected chi connectivity index (χ2v) is 9.29. The number of carboxylic acids is 1. The van der Waals surface area contributed by atoms with Crippen molar-refractivity contribution in [3.05, 3.63) is 89.0 Å². The van der Waals surface area contributed by atoms with E-state index in [1.807, 2.05) is 82.3 Å². The van der Waals surface area contributed by atoms with E-state index >= 15 is 0 Å². The first-order valence-electron chi connectivity index (χ1n) is 13.2. The monoisotopic (exact) mass is 520 g/mol. The summed E-state index contributed by atoms with van der Waals surface area (Å²) in [5.41, 5.74) is 1.72. The average molecular weight is 521 g/mol. The first kappa shape index (κ1) is 30.4. The number of hydrogen-bond donors (Lipinski definition) is 1. The molecule has 0 bridgehead atoms. The van der Waals surface area contributed by atoms with Gasteiger partial charge in [-0.25, -0.2) is 4.79 Å². The van der Waals surface area contributed by atoms with Gasteiger partial charge in [0.15, 0.2) is 11.4 Å². The normalized spacial score (nSPS) is 11.6. The molecule has 0 spiro atoms. The number of carbonyl (C=O) groups is 2. The van der Waals surface area contributed by atoms with Crippen LogP contribution in [0, 0.1) is 6.92 Å². The summed E-state index contributed by atoms with van der Waals surface area (Å²) in [6, 6.07) is 20.3. The Bertz CT molecular complexity index is 1200. The molecule has 0 radical (unpaired) electrons. The Balaban J connectivity index is 0.00000247. The number of ketones is 1. The SMILES string of the molecule is CC.CCc1ccc(OC(C)CCOc2ccc(OC(C)(C)C(=O)O)c(C)c2)c(C(=O)c2ccccc2)c1. The second kappa shape index (κ2) is 14.2. The number of aryl methyl sites for hydroxylation is 2. The molecule has 0 saturated carbocycles. The molecular weight excluding hydrogens is 480 g/mol. The van der Waals surface area contributed by atoms with Crippen LogP contribution >= 0.6 is 0 Å². The van der Waals surface area contributed by atoms with Crippen LogP contribution in [0.25, 0.3) is 0 Å². The molecular formula is C32H40O6. The van der Waals surface area contributed by atoms with Crippen LogP contribution in [0.3, 0.4) is 0 Å². The Labute approximate surface area is 226 Å². The summed E-state index contributed by atoms with van der Waals surface area (Å²) in [4.78, 5) is 24.5. The highest BCUT2D eigenvalue weighted by molar-refractivity contribution is 6.10. The van der Waals surface area contributed by atoms with Gasteiger partial charge < -0.3 is 19.3 Å². The summed E-state index contributed by atoms with van der Waals surface area (Å²) in [7, 11) is 0. The van der Waals surface area contributed by atoms with Crippen molar-refractivity contribution in [1.82, 2.24) is 0 Å². The minimum Gasteiger partial charge on any atom is -0.493 e. The lowest BCUT2D eigenvalue weighted by atomic mass is 9.99. The van der Waals surface area contributed by atoms with Crippen molar-refractivity contribution in [2.24, 2.45) is 0 Å². The zero-order valence-electron chi connectivity index (χ0n) is 23.5. The van der Waals surface area contributed by atoms with Crippen molar-refractivity contribution in [2.45, 2.75) is 73.0 Å². The van der Waals surface area contributed by atoms with E-state index in [0.29, 0.717) is 41.4 Å². The van der Waals surface area contributed by atoms with Crippen molar-refractivity contribution < 1.29 is 28.9 Å². The molecule has 0 aliphatic heterocycles. The predicted octanol–water partition coefficient (Wildman–Crippen LogP) is 7.29. The Morgan fingerprint density at radius 3 is 2.21 bits per heavy atom. The summed E-state index contributed by atoms with van der Waals surface area (Å²) < 4.78 is 17.7. The van der Waals surface area contributed by atoms with E-state index in [4.69, 9.17) is 14.2 Å². The van der Waals surface area contributed by atoms with E-state index in [2.05, 4.69) is 6.92 Å². The summed E-state index contributed by atoms with van der Waals surface area (Å²) >= 11 is 0. The van der Waals surface area contributed by atoms with Crippen LogP contribution in [0.15, 0.2) is 66.7 Å². The maximum absolute atomic E-state index is 13.2. The van der Waals surface area contributed by atoms with Gasteiger partial charge in [0.2, 0.25) is 0 Å². The Morgan fingerprint density at radius 2 is 1.61 bits per heavy atom. The Hall–Kier alpha value is -3.80. The van der Waals surface area contributed by atoms with Crippen LogP contribution in [0.2, 0.25) is 0 Å². The van der Waals surface area contributed by atoms with Crippen molar-refractivity contribution in [3.8, 4) is 17.2 Å². The third-order valence-corrected chi connectivity index (χ3v) is 5.88. The van der Waals surface area contributed by atoms with Crippen LogP contribution in [-0.4, -0.2) is 35.2 Å². The van der Waals surface area contributed by atoms with Crippen molar-refractivity contribution in [2.75, 3.05) is 6.61 Å². The summed E-state index contributed by atoms with van der Waals surface area (Å²) in [5, 5.41) is 9.27. The minimum absolute atomic E-state index is 0.0618. The van der Waals surface area contributed by atoms with Gasteiger partial charge in [-0.15, -0.1) is 0 Å². The molecule has 6 nitrogen and oxygen atoms in total. The summed E-state index contributed by atoms with van der Waals surface area (Å²) in [5.74, 6) is 0.624. The van der Waals surface area contributed by atoms with Gasteiger partial charge in [-0.1, -0.05) is 57.2 Å². The molecule has 0 fully saturated rings. The van der Waals surface area contributed by atoms with E-state index < -0.39 is 11.6 Å². The zero-order valence-corrected chi connectivity index (χ0v) is 23.5. The number of rotatable bonds is 12.